The monoisotopic (exact) mass is 921 g/mol. The van der Waals surface area contributed by atoms with E-state index in [9.17, 15) is 44.0 Å². The Morgan fingerprint density at radius 3 is 1.62 bits per heavy atom. The van der Waals surface area contributed by atoms with Crippen LogP contribution in [0.5, 0.6) is 0 Å². The van der Waals surface area contributed by atoms with Crippen molar-refractivity contribution in [1.82, 2.24) is 5.32 Å². The summed E-state index contributed by atoms with van der Waals surface area (Å²) in [5.74, 6) is 21.9. The molecule has 0 spiro atoms. The molecular weight excluding hydrogens is 840 g/mol. The lowest BCUT2D eigenvalue weighted by molar-refractivity contribution is -0.216. The number of unbranched alkanes of at least 4 members (excludes halogenated alkanes) is 12. The summed E-state index contributed by atoms with van der Waals surface area (Å²) in [7, 11) is -10.5. The maximum atomic E-state index is 12.5. The van der Waals surface area contributed by atoms with Crippen molar-refractivity contribution in [3.05, 3.63) is 0 Å². The fraction of sp³-hybridized carbons (Fsp3) is 0.707. The molecule has 9 N–H and O–H groups in total. The summed E-state index contributed by atoms with van der Waals surface area (Å²) in [6.07, 6.45) is 1.51. The second-order valence-electron chi connectivity index (χ2n) is 13.6. The number of carbonyl (C=O) groups excluding carboxylic acids is 2. The summed E-state index contributed by atoms with van der Waals surface area (Å²) in [6.45, 7) is 3.87. The molecule has 18 nitrogen and oxygen atoms in total. The summed E-state index contributed by atoms with van der Waals surface area (Å²) >= 11 is 0. The lowest BCUT2D eigenvalue weighted by Crippen LogP contribution is -2.64. The molecule has 0 aromatic rings. The first-order valence-corrected chi connectivity index (χ1v) is 23.3. The Morgan fingerprint density at radius 1 is 0.639 bits per heavy atom. The highest BCUT2D eigenvalue weighted by molar-refractivity contribution is 7.47. The number of phosphoric acid groups is 2. The topological polar surface area (TPSA) is 288 Å². The van der Waals surface area contributed by atoms with Crippen molar-refractivity contribution >= 4 is 27.5 Å². The van der Waals surface area contributed by atoms with Crippen LogP contribution in [0.15, 0.2) is 0 Å². The van der Waals surface area contributed by atoms with Crippen LogP contribution >= 0.6 is 15.6 Å². The summed E-state index contributed by atoms with van der Waals surface area (Å²) in [4.78, 5) is 51.4. The number of amides is 1. The highest BCUT2D eigenvalue weighted by Gasteiger charge is 2.54. The molecule has 1 amide bonds. The number of rotatable bonds is 27. The Hall–Kier alpha value is -3.28. The van der Waals surface area contributed by atoms with Gasteiger partial charge in [0, 0.05) is 55.4 Å². The number of esters is 1. The van der Waals surface area contributed by atoms with Crippen molar-refractivity contribution in [2.45, 2.75) is 166 Å². The molecule has 8 atom stereocenters. The summed E-state index contributed by atoms with van der Waals surface area (Å²) in [5.41, 5.74) is 0. The average Bonchev–Trinajstić information content (AvgIpc) is 3.21. The van der Waals surface area contributed by atoms with Crippen molar-refractivity contribution in [3.8, 4) is 59.3 Å². The van der Waals surface area contributed by atoms with E-state index in [1.807, 2.05) is 6.92 Å². The molecular formula is C41H81NO17P2. The minimum Gasteiger partial charge on any atom is -0.457 e. The van der Waals surface area contributed by atoms with Crippen molar-refractivity contribution in [2.24, 2.45) is 0 Å². The first kappa shape index (κ1) is 57.7. The van der Waals surface area contributed by atoms with Gasteiger partial charge in [-0.25, -0.2) is 9.13 Å². The average molecular weight is 922 g/mol. The first-order chi connectivity index (χ1) is 29.0. The highest BCUT2D eigenvalue weighted by atomic mass is 31.2. The molecule has 0 radical (unpaired) electrons. The maximum Gasteiger partial charge on any atom is 0.472 e. The number of aliphatic hydroxyl groups excluding tert-OH is 5. The van der Waals surface area contributed by atoms with Gasteiger partial charge in [-0.3, -0.25) is 28.5 Å². The molecule has 0 aromatic heterocycles. The Balaban J connectivity index is -0.000000150. The zero-order valence-electron chi connectivity index (χ0n) is 35.1. The van der Waals surface area contributed by atoms with Crippen LogP contribution in [0.2, 0.25) is 0 Å². The van der Waals surface area contributed by atoms with E-state index in [0.29, 0.717) is 12.8 Å². The number of phosphoric ester groups is 2. The van der Waals surface area contributed by atoms with Crippen molar-refractivity contribution in [3.63, 3.8) is 0 Å². The van der Waals surface area contributed by atoms with Crippen LogP contribution in [-0.2, 0) is 41.8 Å². The van der Waals surface area contributed by atoms with Crippen molar-refractivity contribution in [2.75, 3.05) is 20.0 Å². The third-order valence-corrected chi connectivity index (χ3v) is 9.97. The van der Waals surface area contributed by atoms with Gasteiger partial charge in [0.1, 0.15) is 49.5 Å². The SMILES string of the molecule is CC#CC#CC#CC#CC#CNC(=O)CCC.CCCCCCCCCCCCCCCC(=O)O[C@H](COCO)COP(=O)(O)OC1C(O)[C@H](O)[C@H](O)C(OP(=O)(O)O)[C@@H]1O.[HH].[HH].[HH].[HH].[HH].[HH].[HH].[HH].[HH]. The number of aliphatic hydroxyl groups is 5. The van der Waals surface area contributed by atoms with Gasteiger partial charge in [-0.1, -0.05) is 96.8 Å². The quantitative estimate of drug-likeness (QED) is 0.0132. The van der Waals surface area contributed by atoms with Crippen LogP contribution in [0, 0.1) is 59.3 Å². The molecule has 1 aliphatic rings. The summed E-state index contributed by atoms with van der Waals surface area (Å²) < 4.78 is 47.5. The number of carbonyl (C=O) groups is 2. The van der Waals surface area contributed by atoms with Crippen LogP contribution in [0.3, 0.4) is 0 Å². The number of hydrogen-bond acceptors (Lipinski definition) is 14. The highest BCUT2D eigenvalue weighted by Crippen LogP contribution is 2.49. The standard InChI is InChI=1S/C26H52O16P2.C15H11NO.9H2/c1-2-3-4-5-6-7-8-9-10-11-12-13-14-15-20(28)40-19(16-38-18-27)17-39-44(36,37)42-26-23(31)21(29)22(30)25(24(26)32)41-43(33,34)35;1-3-5-6-7-8-9-10-11-12-14-16-15(17)13-4-2;;;;;;;;;/h19,21-27,29-32H,2-18H2,1H3,(H,36,37)(H2,33,34,35);4,13H2,1-2H3,(H,16,17);9*1H/t19-,21-,22+,23?,24+,25?,26?;;;;;;;;;;/m1........../s1. The lowest BCUT2D eigenvalue weighted by Gasteiger charge is -2.43. The van der Waals surface area contributed by atoms with Gasteiger partial charge in [0.05, 0.1) is 13.2 Å². The van der Waals surface area contributed by atoms with Crippen molar-refractivity contribution < 1.29 is 94.8 Å². The van der Waals surface area contributed by atoms with Crippen LogP contribution in [0.1, 0.15) is 136 Å². The molecule has 0 aromatic carbocycles. The molecule has 0 bridgehead atoms. The molecule has 1 saturated carbocycles. The Morgan fingerprint density at radius 2 is 1.13 bits per heavy atom. The maximum absolute atomic E-state index is 12.5. The van der Waals surface area contributed by atoms with E-state index >= 15 is 0 Å². The van der Waals surface area contributed by atoms with Gasteiger partial charge >= 0.3 is 21.6 Å². The zero-order valence-corrected chi connectivity index (χ0v) is 36.9. The fourth-order valence-corrected chi connectivity index (χ4v) is 6.99. The van der Waals surface area contributed by atoms with E-state index in [1.165, 1.54) is 51.4 Å². The third kappa shape index (κ3) is 30.4. The van der Waals surface area contributed by atoms with E-state index < -0.39 is 84.3 Å². The minimum absolute atomic E-state index is 0. The predicted molar refractivity (Wildman–Crippen MR) is 241 cm³/mol. The van der Waals surface area contributed by atoms with Gasteiger partial charge in [0.15, 0.2) is 0 Å². The molecule has 20 heteroatoms. The van der Waals surface area contributed by atoms with Gasteiger partial charge in [0.25, 0.3) is 0 Å². The Kier molecular flexibility index (Phi) is 33.3. The summed E-state index contributed by atoms with van der Waals surface area (Å²) in [5, 5.41) is 51.7. The van der Waals surface area contributed by atoms with Crippen LogP contribution < -0.4 is 5.32 Å². The third-order valence-electron chi connectivity index (χ3n) is 8.47. The smallest absolute Gasteiger partial charge is 0.457 e. The summed E-state index contributed by atoms with van der Waals surface area (Å²) in [6, 6.07) is 2.43. The fourth-order valence-electron chi connectivity index (χ4n) is 5.46. The molecule has 0 saturated heterocycles. The molecule has 4 unspecified atom stereocenters. The van der Waals surface area contributed by atoms with Gasteiger partial charge in [-0.05, 0) is 43.4 Å². The molecule has 362 valence electrons. The van der Waals surface area contributed by atoms with E-state index in [-0.39, 0.29) is 25.2 Å². The Labute approximate surface area is 373 Å². The van der Waals surface area contributed by atoms with E-state index in [0.717, 1.165) is 32.1 Å². The number of hydrogen-bond donors (Lipinski definition) is 9. The second kappa shape index (κ2) is 35.2. The van der Waals surface area contributed by atoms with Crippen LogP contribution in [0.4, 0.5) is 0 Å². The molecule has 1 fully saturated rings. The first-order valence-electron chi connectivity index (χ1n) is 20.2. The van der Waals surface area contributed by atoms with E-state index in [4.69, 9.17) is 33.4 Å². The zero-order chi connectivity index (χ0) is 45.9. The van der Waals surface area contributed by atoms with Gasteiger partial charge in [-0.2, -0.15) is 0 Å². The normalized spacial score (nSPS) is 20.6. The Bertz CT molecular complexity index is 1720. The molecule has 1 aliphatic carbocycles. The van der Waals surface area contributed by atoms with Gasteiger partial charge in [-0.15, -0.1) is 0 Å². The van der Waals surface area contributed by atoms with Gasteiger partial charge < -0.3 is 49.7 Å². The lowest BCUT2D eigenvalue weighted by atomic mass is 9.85. The van der Waals surface area contributed by atoms with Crippen LogP contribution in [0.25, 0.3) is 0 Å². The van der Waals surface area contributed by atoms with E-state index in [1.54, 1.807) is 6.92 Å². The molecule has 0 heterocycles. The largest absolute Gasteiger partial charge is 0.472 e. The predicted octanol–water partition coefficient (Wildman–Crippen LogP) is 4.89. The molecule has 0 aliphatic heterocycles. The van der Waals surface area contributed by atoms with Gasteiger partial charge in [0.2, 0.25) is 5.91 Å². The molecule has 1 rings (SSSR count). The second-order valence-corrected chi connectivity index (χ2v) is 16.2. The van der Waals surface area contributed by atoms with Crippen molar-refractivity contribution in [1.29, 1.82) is 0 Å². The van der Waals surface area contributed by atoms with Crippen LogP contribution in [-0.4, -0.2) is 115 Å². The minimum atomic E-state index is -5.32. The number of nitrogens with one attached hydrogen (secondary N) is 1. The van der Waals surface area contributed by atoms with E-state index in [2.05, 4.69) is 76.1 Å². The number of ether oxygens (including phenoxy) is 2. The molecule has 61 heavy (non-hydrogen) atoms.